The van der Waals surface area contributed by atoms with Gasteiger partial charge in [-0.3, -0.25) is 44.7 Å². The van der Waals surface area contributed by atoms with Crippen LogP contribution in [-0.2, 0) is 61.5 Å². The van der Waals surface area contributed by atoms with E-state index in [4.69, 9.17) is 30.6 Å². The van der Waals surface area contributed by atoms with E-state index < -0.39 is 35.8 Å². The molecule has 0 aliphatic carbocycles. The van der Waals surface area contributed by atoms with Gasteiger partial charge in [0.05, 0.1) is 39.3 Å². The quantitative estimate of drug-likeness (QED) is 0.128. The molecule has 159 valence electrons. The third-order valence-corrected chi connectivity index (χ3v) is 1.66. The fraction of sp³-hybridized carbons (Fsp3) is 0.500. The van der Waals surface area contributed by atoms with Crippen molar-refractivity contribution in [1.29, 1.82) is 0 Å². The zero-order valence-electron chi connectivity index (χ0n) is 14.5. The zero-order chi connectivity index (χ0) is 21.8. The van der Waals surface area contributed by atoms with E-state index in [1.165, 1.54) is 0 Å². The van der Waals surface area contributed by atoms with Crippen molar-refractivity contribution >= 4 is 35.8 Å². The first-order valence-corrected chi connectivity index (χ1v) is 6.81. The molecule has 0 amide bonds. The van der Waals surface area contributed by atoms with Gasteiger partial charge in [0, 0.05) is 32.7 Å². The van der Waals surface area contributed by atoms with Crippen molar-refractivity contribution in [2.24, 2.45) is 0 Å². The van der Waals surface area contributed by atoms with Crippen LogP contribution in [0.2, 0.25) is 0 Å². The predicted octanol–water partition coefficient (Wildman–Crippen LogP) is -3.77. The van der Waals surface area contributed by atoms with Crippen molar-refractivity contribution in [2.45, 2.75) is 0 Å². The molecule has 0 atom stereocenters. The smallest absolute Gasteiger partial charge is 0.317 e. The first kappa shape index (κ1) is 33.4. The fourth-order valence-corrected chi connectivity index (χ4v) is 0.829. The van der Waals surface area contributed by atoms with Gasteiger partial charge in [-0.2, -0.15) is 0 Å². The Hall–Kier alpha value is -2.20. The monoisotopic (exact) mass is 488 g/mol. The van der Waals surface area contributed by atoms with E-state index in [1.807, 2.05) is 0 Å². The summed E-state index contributed by atoms with van der Waals surface area (Å²) >= 11 is 0. The van der Waals surface area contributed by atoms with Crippen molar-refractivity contribution in [1.82, 2.24) is 16.0 Å². The molecule has 15 nitrogen and oxygen atoms in total. The van der Waals surface area contributed by atoms with Crippen LogP contribution >= 0.6 is 0 Å². The van der Waals surface area contributed by atoms with Gasteiger partial charge in [0.25, 0.3) is 0 Å². The predicted molar refractivity (Wildman–Crippen MR) is 84.4 cm³/mol. The molecule has 28 heavy (non-hydrogen) atoms. The standard InChI is InChI=1S/3C4H7NO4.Y/c3*6-3(7)1-5-2-4(8)9;/h3*5H,1-2H2,(H,6,7)(H,8,9);. The zero-order valence-corrected chi connectivity index (χ0v) is 17.3. The normalized spacial score (nSPS) is 8.57. The van der Waals surface area contributed by atoms with Crippen molar-refractivity contribution in [3.05, 3.63) is 0 Å². The molecule has 0 aromatic carbocycles. The topological polar surface area (TPSA) is 260 Å². The van der Waals surface area contributed by atoms with Crippen molar-refractivity contribution in [3.63, 3.8) is 0 Å². The summed E-state index contributed by atoms with van der Waals surface area (Å²) in [6.45, 7) is -1.88. The van der Waals surface area contributed by atoms with Gasteiger partial charge in [0.1, 0.15) is 0 Å². The molecule has 0 aromatic rings. The summed E-state index contributed by atoms with van der Waals surface area (Å²) in [6.07, 6.45) is 0. The minimum Gasteiger partial charge on any atom is -0.480 e. The van der Waals surface area contributed by atoms with Crippen LogP contribution in [0.5, 0.6) is 0 Å². The number of rotatable bonds is 12. The minimum atomic E-state index is -1.06. The molecule has 0 unspecified atom stereocenters. The van der Waals surface area contributed by atoms with E-state index >= 15 is 0 Å². The SMILES string of the molecule is O=C(O)CNCC(=O)O.O=C(O)CNCC(=O)O.O=C(O)CNCC(=O)O.[Y]. The number of carboxylic acids is 6. The van der Waals surface area contributed by atoms with Gasteiger partial charge < -0.3 is 30.6 Å². The summed E-state index contributed by atoms with van der Waals surface area (Å²) in [4.78, 5) is 58.4. The Morgan fingerprint density at radius 1 is 0.393 bits per heavy atom. The number of carbonyl (C=O) groups is 6. The van der Waals surface area contributed by atoms with E-state index in [1.54, 1.807) is 0 Å². The van der Waals surface area contributed by atoms with Crippen molar-refractivity contribution in [3.8, 4) is 0 Å². The molecule has 0 spiro atoms. The van der Waals surface area contributed by atoms with Gasteiger partial charge in [0.15, 0.2) is 0 Å². The molecule has 9 N–H and O–H groups in total. The minimum absolute atomic E-state index is 0. The van der Waals surface area contributed by atoms with Crippen LogP contribution in [0.15, 0.2) is 0 Å². The maximum atomic E-state index is 9.73. The Morgan fingerprint density at radius 2 is 0.500 bits per heavy atom. The molecular formula is C12H21N3O12Y. The number of nitrogens with one attached hydrogen (secondary N) is 3. The van der Waals surface area contributed by atoms with Crippen LogP contribution in [0.3, 0.4) is 0 Å². The molecule has 0 saturated carbocycles. The summed E-state index contributed by atoms with van der Waals surface area (Å²) in [5.74, 6) is -6.35. The van der Waals surface area contributed by atoms with E-state index in [2.05, 4.69) is 16.0 Å². The van der Waals surface area contributed by atoms with E-state index in [9.17, 15) is 28.8 Å². The Labute approximate surface area is 183 Å². The van der Waals surface area contributed by atoms with E-state index in [-0.39, 0.29) is 72.0 Å². The average molecular weight is 488 g/mol. The number of aliphatic carboxylic acids is 6. The first-order chi connectivity index (χ1) is 12.4. The van der Waals surface area contributed by atoms with Gasteiger partial charge in [0.2, 0.25) is 0 Å². The van der Waals surface area contributed by atoms with Crippen LogP contribution in [-0.4, -0.2) is 106 Å². The second-order valence-corrected chi connectivity index (χ2v) is 4.17. The first-order valence-electron chi connectivity index (χ1n) is 6.81. The number of carboxylic acid groups (broad SMARTS) is 6. The summed E-state index contributed by atoms with van der Waals surface area (Å²) in [6, 6.07) is 0. The molecule has 0 aliphatic heterocycles. The molecular weight excluding hydrogens is 467 g/mol. The molecule has 0 saturated heterocycles. The molecule has 1 radical (unpaired) electrons. The average Bonchev–Trinajstić information content (AvgIpc) is 2.46. The van der Waals surface area contributed by atoms with Crippen LogP contribution in [0.25, 0.3) is 0 Å². The van der Waals surface area contributed by atoms with Crippen LogP contribution < -0.4 is 16.0 Å². The number of hydrogen-bond acceptors (Lipinski definition) is 9. The maximum Gasteiger partial charge on any atom is 0.317 e. The van der Waals surface area contributed by atoms with Crippen LogP contribution in [0.4, 0.5) is 0 Å². The molecule has 0 aliphatic rings. The van der Waals surface area contributed by atoms with Gasteiger partial charge in [-0.25, -0.2) is 0 Å². The Morgan fingerprint density at radius 3 is 0.571 bits per heavy atom. The van der Waals surface area contributed by atoms with Crippen LogP contribution in [0.1, 0.15) is 0 Å². The number of hydrogen-bond donors (Lipinski definition) is 9. The molecule has 0 fully saturated rings. The molecule has 16 heteroatoms. The van der Waals surface area contributed by atoms with Gasteiger partial charge in [-0.05, 0) is 0 Å². The molecule has 0 aromatic heterocycles. The Kier molecular flexibility index (Phi) is 27.2. The second kappa shape index (κ2) is 22.8. The second-order valence-electron chi connectivity index (χ2n) is 4.17. The Balaban J connectivity index is -0.000000152. The summed E-state index contributed by atoms with van der Waals surface area (Å²) in [7, 11) is 0. The van der Waals surface area contributed by atoms with E-state index in [0.29, 0.717) is 0 Å². The molecule has 0 heterocycles. The van der Waals surface area contributed by atoms with Crippen LogP contribution in [0, 0.1) is 0 Å². The fourth-order valence-electron chi connectivity index (χ4n) is 0.829. The molecule has 0 bridgehead atoms. The van der Waals surface area contributed by atoms with Gasteiger partial charge in [-0.15, -0.1) is 0 Å². The third-order valence-electron chi connectivity index (χ3n) is 1.66. The summed E-state index contributed by atoms with van der Waals surface area (Å²) in [5.41, 5.74) is 0. The Bertz CT molecular complexity index is 401. The van der Waals surface area contributed by atoms with Crippen molar-refractivity contribution < 1.29 is 92.1 Å². The van der Waals surface area contributed by atoms with Gasteiger partial charge in [-0.1, -0.05) is 0 Å². The van der Waals surface area contributed by atoms with E-state index in [0.717, 1.165) is 0 Å². The van der Waals surface area contributed by atoms with Crippen molar-refractivity contribution in [2.75, 3.05) is 39.3 Å². The van der Waals surface area contributed by atoms with Gasteiger partial charge >= 0.3 is 35.8 Å². The largest absolute Gasteiger partial charge is 0.480 e. The summed E-state index contributed by atoms with van der Waals surface area (Å²) < 4.78 is 0. The third kappa shape index (κ3) is 49.6. The summed E-state index contributed by atoms with van der Waals surface area (Å²) in [5, 5.41) is 54.4. The molecule has 0 rings (SSSR count). The maximum absolute atomic E-state index is 9.73.